The zero-order valence-electron chi connectivity index (χ0n) is 36.1. The first-order valence-electron chi connectivity index (χ1n) is 22.2. The van der Waals surface area contributed by atoms with Crippen LogP contribution in [-0.4, -0.2) is 75.5 Å². The second-order valence-corrected chi connectivity index (χ2v) is 15.9. The van der Waals surface area contributed by atoms with E-state index in [1.165, 1.54) is 89.9 Å². The molecule has 0 aliphatic rings. The second-order valence-electron chi connectivity index (χ2n) is 15.9. The quantitative estimate of drug-likeness (QED) is 0.0265. The predicted octanol–water partition coefficient (Wildman–Crippen LogP) is 10.7. The van der Waals surface area contributed by atoms with E-state index in [0.29, 0.717) is 12.8 Å². The number of likely N-dealkylation sites (N-methyl/N-ethyl adjacent to an activating group) is 1. The largest absolute Gasteiger partial charge is 0.544 e. The van der Waals surface area contributed by atoms with Crippen LogP contribution in [0.2, 0.25) is 0 Å². The molecule has 8 heteroatoms. The highest BCUT2D eigenvalue weighted by Crippen LogP contribution is 2.13. The molecule has 0 N–H and O–H groups in total. The molecule has 2 unspecified atom stereocenters. The molecule has 0 radical (unpaired) electrons. The summed E-state index contributed by atoms with van der Waals surface area (Å²) in [6.45, 7) is 4.49. The Morgan fingerprint density at radius 2 is 1.02 bits per heavy atom. The van der Waals surface area contributed by atoms with Crippen molar-refractivity contribution in [2.75, 3.05) is 41.0 Å². The highest BCUT2D eigenvalue weighted by atomic mass is 16.6. The standard InChI is InChI=1S/C47H83NO7/c1-6-8-10-12-14-16-18-20-21-22-23-24-25-26-28-29-31-33-35-37-45(49)54-42-43(41-53-40-39-44(47(51)52)48(3,4)5)55-46(50)38-36-34-32-30-27-19-17-15-13-11-9-7-2/h9,11,15,17,22-23,27,30,43-44H,6-8,10,12-14,16,18-21,24-26,28-29,31-42H2,1-5H3/b11-9+,17-15+,23-22+,30-27+. The molecular weight excluding hydrogens is 691 g/mol. The van der Waals surface area contributed by atoms with Crippen LogP contribution in [0.25, 0.3) is 0 Å². The second kappa shape index (κ2) is 38.2. The lowest BCUT2D eigenvalue weighted by atomic mass is 10.1. The van der Waals surface area contributed by atoms with Gasteiger partial charge in [-0.15, -0.1) is 0 Å². The lowest BCUT2D eigenvalue weighted by molar-refractivity contribution is -0.889. The van der Waals surface area contributed by atoms with E-state index in [-0.39, 0.29) is 49.1 Å². The summed E-state index contributed by atoms with van der Waals surface area (Å²) >= 11 is 0. The van der Waals surface area contributed by atoms with E-state index in [1.54, 1.807) is 21.1 Å². The van der Waals surface area contributed by atoms with Crippen LogP contribution in [0.5, 0.6) is 0 Å². The van der Waals surface area contributed by atoms with Crippen molar-refractivity contribution >= 4 is 17.9 Å². The SMILES string of the molecule is CC/C=C/C/C=C/C/C=C/CCCCC(=O)OC(COCCC(C(=O)[O-])[N+](C)(C)C)COC(=O)CCCCCCCCC/C=C/CCCCCCCCCC. The first kappa shape index (κ1) is 52.3. The van der Waals surface area contributed by atoms with Crippen molar-refractivity contribution in [3.05, 3.63) is 48.6 Å². The molecule has 0 aliphatic carbocycles. The first-order valence-corrected chi connectivity index (χ1v) is 22.2. The van der Waals surface area contributed by atoms with E-state index in [4.69, 9.17) is 14.2 Å². The molecule has 55 heavy (non-hydrogen) atoms. The summed E-state index contributed by atoms with van der Waals surface area (Å²) in [5.74, 6) is -1.79. The van der Waals surface area contributed by atoms with Gasteiger partial charge in [0.2, 0.25) is 0 Å². The fourth-order valence-corrected chi connectivity index (χ4v) is 6.26. The van der Waals surface area contributed by atoms with Crippen molar-refractivity contribution in [3.8, 4) is 0 Å². The summed E-state index contributed by atoms with van der Waals surface area (Å²) in [4.78, 5) is 36.8. The molecule has 0 aliphatic heterocycles. The maximum atomic E-state index is 12.7. The van der Waals surface area contributed by atoms with Gasteiger partial charge in [0.05, 0.1) is 40.3 Å². The number of carbonyl (C=O) groups excluding carboxylic acids is 3. The average molecular weight is 774 g/mol. The molecule has 0 rings (SSSR count). The molecule has 2 atom stereocenters. The van der Waals surface area contributed by atoms with E-state index >= 15 is 0 Å². The van der Waals surface area contributed by atoms with Crippen molar-refractivity contribution < 1.29 is 38.2 Å². The van der Waals surface area contributed by atoms with Gasteiger partial charge in [0.15, 0.2) is 6.10 Å². The summed E-state index contributed by atoms with van der Waals surface area (Å²) in [5.41, 5.74) is 0. The van der Waals surface area contributed by atoms with Gasteiger partial charge in [-0.3, -0.25) is 9.59 Å². The predicted molar refractivity (Wildman–Crippen MR) is 226 cm³/mol. The van der Waals surface area contributed by atoms with Crippen LogP contribution in [-0.2, 0) is 28.6 Å². The van der Waals surface area contributed by atoms with Gasteiger partial charge in [-0.2, -0.15) is 0 Å². The Balaban J connectivity index is 4.33. The molecule has 0 spiro atoms. The molecule has 0 aromatic rings. The van der Waals surface area contributed by atoms with E-state index < -0.39 is 18.1 Å². The van der Waals surface area contributed by atoms with E-state index in [9.17, 15) is 19.5 Å². The van der Waals surface area contributed by atoms with Crippen molar-refractivity contribution in [3.63, 3.8) is 0 Å². The number of esters is 2. The Hall–Kier alpha value is -2.71. The Morgan fingerprint density at radius 3 is 1.56 bits per heavy atom. The number of nitrogens with zero attached hydrogens (tertiary/aromatic N) is 1. The molecule has 0 saturated carbocycles. The topological polar surface area (TPSA) is 102 Å². The summed E-state index contributed by atoms with van der Waals surface area (Å²) in [7, 11) is 5.39. The summed E-state index contributed by atoms with van der Waals surface area (Å²) in [6, 6.07) is -0.733. The number of carbonyl (C=O) groups is 3. The minimum Gasteiger partial charge on any atom is -0.544 e. The van der Waals surface area contributed by atoms with Crippen LogP contribution in [0, 0.1) is 0 Å². The lowest BCUT2D eigenvalue weighted by Gasteiger charge is -2.34. The Labute approximate surface area is 337 Å². The summed E-state index contributed by atoms with van der Waals surface area (Å²) < 4.78 is 17.1. The zero-order valence-corrected chi connectivity index (χ0v) is 36.1. The van der Waals surface area contributed by atoms with E-state index in [2.05, 4.69) is 62.5 Å². The molecule has 0 heterocycles. The van der Waals surface area contributed by atoms with Gasteiger partial charge in [0.25, 0.3) is 0 Å². The maximum Gasteiger partial charge on any atom is 0.306 e. The minimum absolute atomic E-state index is 0.0233. The van der Waals surface area contributed by atoms with Gasteiger partial charge in [0, 0.05) is 19.3 Å². The summed E-state index contributed by atoms with van der Waals surface area (Å²) in [6.07, 6.45) is 44.3. The molecule has 0 fully saturated rings. The third-order valence-electron chi connectivity index (χ3n) is 9.70. The van der Waals surface area contributed by atoms with Crippen LogP contribution in [0.15, 0.2) is 48.6 Å². The number of hydrogen-bond donors (Lipinski definition) is 0. The normalized spacial score (nSPS) is 13.4. The number of aliphatic carboxylic acids is 1. The number of ether oxygens (including phenoxy) is 3. The number of unbranched alkanes of at least 4 members (excludes halogenated alkanes) is 17. The van der Waals surface area contributed by atoms with Crippen molar-refractivity contribution in [2.24, 2.45) is 0 Å². The lowest BCUT2D eigenvalue weighted by Crippen LogP contribution is -2.55. The van der Waals surface area contributed by atoms with Crippen molar-refractivity contribution in [2.45, 2.75) is 193 Å². The van der Waals surface area contributed by atoms with Crippen molar-refractivity contribution in [1.29, 1.82) is 0 Å². The van der Waals surface area contributed by atoms with Crippen LogP contribution in [0.3, 0.4) is 0 Å². The average Bonchev–Trinajstić information content (AvgIpc) is 3.14. The minimum atomic E-state index is -1.13. The number of hydrogen-bond acceptors (Lipinski definition) is 7. The molecule has 0 aromatic heterocycles. The highest BCUT2D eigenvalue weighted by Gasteiger charge is 2.25. The Morgan fingerprint density at radius 1 is 0.564 bits per heavy atom. The number of quaternary nitrogens is 1. The highest BCUT2D eigenvalue weighted by molar-refractivity contribution is 5.70. The van der Waals surface area contributed by atoms with E-state index in [0.717, 1.165) is 51.4 Å². The first-order chi connectivity index (χ1) is 26.6. The molecule has 0 amide bonds. The van der Waals surface area contributed by atoms with E-state index in [1.807, 2.05) is 0 Å². The molecule has 0 bridgehead atoms. The van der Waals surface area contributed by atoms with Crippen LogP contribution >= 0.6 is 0 Å². The van der Waals surface area contributed by atoms with Crippen LogP contribution in [0.4, 0.5) is 0 Å². The Bertz CT molecular complexity index is 1040. The zero-order chi connectivity index (χ0) is 40.7. The van der Waals surface area contributed by atoms with Gasteiger partial charge in [-0.1, -0.05) is 140 Å². The van der Waals surface area contributed by atoms with Crippen LogP contribution < -0.4 is 5.11 Å². The number of carboxylic acid groups (broad SMARTS) is 1. The molecular formula is C47H83NO7. The fourth-order valence-electron chi connectivity index (χ4n) is 6.26. The molecule has 318 valence electrons. The molecule has 0 saturated heterocycles. The van der Waals surface area contributed by atoms with Gasteiger partial charge in [0.1, 0.15) is 12.6 Å². The molecule has 8 nitrogen and oxygen atoms in total. The van der Waals surface area contributed by atoms with Crippen molar-refractivity contribution in [1.82, 2.24) is 0 Å². The number of allylic oxidation sites excluding steroid dienone is 8. The van der Waals surface area contributed by atoms with Gasteiger partial charge in [-0.25, -0.2) is 0 Å². The third kappa shape index (κ3) is 36.7. The smallest absolute Gasteiger partial charge is 0.306 e. The molecule has 0 aromatic carbocycles. The monoisotopic (exact) mass is 774 g/mol. The van der Waals surface area contributed by atoms with Crippen LogP contribution in [0.1, 0.15) is 181 Å². The van der Waals surface area contributed by atoms with Gasteiger partial charge >= 0.3 is 11.9 Å². The van der Waals surface area contributed by atoms with Gasteiger partial charge < -0.3 is 28.6 Å². The number of carboxylic acids is 1. The summed E-state index contributed by atoms with van der Waals surface area (Å²) in [5, 5.41) is 11.6. The fraction of sp³-hybridized carbons (Fsp3) is 0.766. The third-order valence-corrected chi connectivity index (χ3v) is 9.70. The maximum absolute atomic E-state index is 12.7. The van der Waals surface area contributed by atoms with Gasteiger partial charge in [-0.05, 0) is 70.6 Å². The Kier molecular flexibility index (Phi) is 36.3. The number of rotatable bonds is 39.